The number of nitrogens with zero attached hydrogens (tertiary/aromatic N) is 2. The van der Waals surface area contributed by atoms with Crippen LogP contribution in [0.25, 0.3) is 0 Å². The molecule has 0 aliphatic carbocycles. The molecule has 12 heavy (non-hydrogen) atoms. The summed E-state index contributed by atoms with van der Waals surface area (Å²) in [6, 6.07) is 0.205. The highest BCUT2D eigenvalue weighted by Crippen LogP contribution is 2.06. The minimum absolute atomic E-state index is 0.181. The average molecular weight is 174 g/mol. The first-order chi connectivity index (χ1) is 5.77. The van der Waals surface area contributed by atoms with Crippen LogP contribution < -0.4 is 0 Å². The second-order valence-electron chi connectivity index (χ2n) is 3.36. The maximum atomic E-state index is 9.06. The third-order valence-corrected chi connectivity index (χ3v) is 2.41. The molecule has 0 aromatic carbocycles. The van der Waals surface area contributed by atoms with Crippen molar-refractivity contribution in [2.24, 2.45) is 0 Å². The summed E-state index contributed by atoms with van der Waals surface area (Å²) in [7, 11) is 2.05. The lowest BCUT2D eigenvalue weighted by molar-refractivity contribution is 0.0399. The SMILES string of the molecule is CN1CCN(CCO)[C@@H](CO)C1. The Morgan fingerprint density at radius 3 is 2.67 bits per heavy atom. The van der Waals surface area contributed by atoms with Crippen LogP contribution in [0.3, 0.4) is 0 Å². The van der Waals surface area contributed by atoms with Crippen LogP contribution in [-0.4, -0.2) is 72.5 Å². The van der Waals surface area contributed by atoms with Gasteiger partial charge in [0.1, 0.15) is 0 Å². The first kappa shape index (κ1) is 9.92. The van der Waals surface area contributed by atoms with E-state index in [1.165, 1.54) is 0 Å². The van der Waals surface area contributed by atoms with Gasteiger partial charge < -0.3 is 15.1 Å². The van der Waals surface area contributed by atoms with Gasteiger partial charge in [-0.2, -0.15) is 0 Å². The number of hydrogen-bond donors (Lipinski definition) is 2. The molecule has 0 aromatic heterocycles. The van der Waals surface area contributed by atoms with Crippen molar-refractivity contribution in [2.45, 2.75) is 6.04 Å². The van der Waals surface area contributed by atoms with Crippen LogP contribution in [0.5, 0.6) is 0 Å². The molecule has 0 unspecified atom stereocenters. The number of hydrogen-bond acceptors (Lipinski definition) is 4. The van der Waals surface area contributed by atoms with Crippen LogP contribution in [-0.2, 0) is 0 Å². The topological polar surface area (TPSA) is 46.9 Å². The molecular formula is C8H18N2O2. The van der Waals surface area contributed by atoms with Crippen LogP contribution in [0.1, 0.15) is 0 Å². The van der Waals surface area contributed by atoms with E-state index in [1.54, 1.807) is 0 Å². The zero-order chi connectivity index (χ0) is 8.97. The first-order valence-corrected chi connectivity index (χ1v) is 4.42. The summed E-state index contributed by atoms with van der Waals surface area (Å²) in [5.41, 5.74) is 0. The molecule has 0 spiro atoms. The minimum atomic E-state index is 0.181. The average Bonchev–Trinajstić information content (AvgIpc) is 2.08. The van der Waals surface area contributed by atoms with Crippen molar-refractivity contribution in [3.63, 3.8) is 0 Å². The van der Waals surface area contributed by atoms with Crippen molar-refractivity contribution in [1.29, 1.82) is 0 Å². The van der Waals surface area contributed by atoms with Crippen LogP contribution in [0.4, 0.5) is 0 Å². The van der Waals surface area contributed by atoms with E-state index < -0.39 is 0 Å². The maximum Gasteiger partial charge on any atom is 0.0599 e. The predicted octanol–water partition coefficient (Wildman–Crippen LogP) is -1.41. The number of β-amino-alcohol motifs (C(OH)–C–C–N with tert-alkyl or cyclic N) is 1. The Kier molecular flexibility index (Phi) is 3.94. The summed E-state index contributed by atoms with van der Waals surface area (Å²) in [6.45, 7) is 3.92. The highest BCUT2D eigenvalue weighted by atomic mass is 16.3. The lowest BCUT2D eigenvalue weighted by Gasteiger charge is -2.38. The number of rotatable bonds is 3. The Hall–Kier alpha value is -0.160. The van der Waals surface area contributed by atoms with E-state index in [4.69, 9.17) is 10.2 Å². The third-order valence-electron chi connectivity index (χ3n) is 2.41. The highest BCUT2D eigenvalue weighted by molar-refractivity contribution is 4.79. The summed E-state index contributed by atoms with van der Waals surface area (Å²) >= 11 is 0. The second-order valence-corrected chi connectivity index (χ2v) is 3.36. The van der Waals surface area contributed by atoms with Crippen LogP contribution in [0.2, 0.25) is 0 Å². The molecule has 1 fully saturated rings. The lowest BCUT2D eigenvalue weighted by Crippen LogP contribution is -2.54. The van der Waals surface area contributed by atoms with E-state index in [-0.39, 0.29) is 19.3 Å². The van der Waals surface area contributed by atoms with Crippen molar-refractivity contribution in [1.82, 2.24) is 9.80 Å². The Bertz CT molecular complexity index is 132. The molecule has 2 N–H and O–H groups in total. The monoisotopic (exact) mass is 174 g/mol. The zero-order valence-corrected chi connectivity index (χ0v) is 7.61. The molecule has 4 nitrogen and oxygen atoms in total. The molecule has 1 aliphatic rings. The van der Waals surface area contributed by atoms with Gasteiger partial charge in [0.15, 0.2) is 0 Å². The number of piperazine rings is 1. The molecule has 0 radical (unpaired) electrons. The summed E-state index contributed by atoms with van der Waals surface area (Å²) < 4.78 is 0. The smallest absolute Gasteiger partial charge is 0.0599 e. The summed E-state index contributed by atoms with van der Waals surface area (Å²) in [6.07, 6.45) is 0. The van der Waals surface area contributed by atoms with E-state index in [9.17, 15) is 0 Å². The molecule has 1 atom stereocenters. The molecular weight excluding hydrogens is 156 g/mol. The second kappa shape index (κ2) is 4.77. The van der Waals surface area contributed by atoms with E-state index in [0.717, 1.165) is 19.6 Å². The molecule has 1 saturated heterocycles. The fourth-order valence-corrected chi connectivity index (χ4v) is 1.64. The van der Waals surface area contributed by atoms with E-state index in [1.807, 2.05) is 0 Å². The molecule has 1 aliphatic heterocycles. The highest BCUT2D eigenvalue weighted by Gasteiger charge is 2.23. The molecule has 1 heterocycles. The normalized spacial score (nSPS) is 27.8. The molecule has 0 amide bonds. The van der Waals surface area contributed by atoms with Gasteiger partial charge in [-0.1, -0.05) is 0 Å². The molecule has 0 bridgehead atoms. The Labute approximate surface area is 73.4 Å². The summed E-state index contributed by atoms with van der Waals surface area (Å²) in [5, 5.41) is 17.8. The summed E-state index contributed by atoms with van der Waals surface area (Å²) in [4.78, 5) is 4.34. The van der Waals surface area contributed by atoms with Crippen LogP contribution in [0.15, 0.2) is 0 Å². The van der Waals surface area contributed by atoms with E-state index >= 15 is 0 Å². The summed E-state index contributed by atoms with van der Waals surface area (Å²) in [5.74, 6) is 0. The van der Waals surface area contributed by atoms with Gasteiger partial charge in [-0.15, -0.1) is 0 Å². The predicted molar refractivity (Wildman–Crippen MR) is 47.0 cm³/mol. The molecule has 72 valence electrons. The molecule has 0 saturated carbocycles. The first-order valence-electron chi connectivity index (χ1n) is 4.42. The van der Waals surface area contributed by atoms with Crippen molar-refractivity contribution in [3.8, 4) is 0 Å². The van der Waals surface area contributed by atoms with Gasteiger partial charge >= 0.3 is 0 Å². The van der Waals surface area contributed by atoms with Gasteiger partial charge in [-0.25, -0.2) is 0 Å². The van der Waals surface area contributed by atoms with Gasteiger partial charge in [0, 0.05) is 32.2 Å². The van der Waals surface area contributed by atoms with Gasteiger partial charge in [-0.05, 0) is 7.05 Å². The van der Waals surface area contributed by atoms with Crippen molar-refractivity contribution < 1.29 is 10.2 Å². The largest absolute Gasteiger partial charge is 0.395 e. The Morgan fingerprint density at radius 1 is 1.33 bits per heavy atom. The van der Waals surface area contributed by atoms with Gasteiger partial charge in [0.2, 0.25) is 0 Å². The molecule has 4 heteroatoms. The quantitative estimate of drug-likeness (QED) is 0.552. The zero-order valence-electron chi connectivity index (χ0n) is 7.61. The van der Waals surface area contributed by atoms with E-state index in [2.05, 4.69) is 16.8 Å². The molecule has 0 aromatic rings. The Morgan fingerprint density at radius 2 is 2.08 bits per heavy atom. The van der Waals surface area contributed by atoms with E-state index in [0.29, 0.717) is 6.54 Å². The lowest BCUT2D eigenvalue weighted by atomic mass is 10.2. The minimum Gasteiger partial charge on any atom is -0.395 e. The number of likely N-dealkylation sites (N-methyl/N-ethyl adjacent to an activating group) is 1. The fourth-order valence-electron chi connectivity index (χ4n) is 1.64. The maximum absolute atomic E-state index is 9.06. The fraction of sp³-hybridized carbons (Fsp3) is 1.00. The standard InChI is InChI=1S/C8H18N2O2/c1-9-2-3-10(4-5-11)8(6-9)7-12/h8,11-12H,2-7H2,1H3/t8-/m1/s1. The Balaban J connectivity index is 2.39. The van der Waals surface area contributed by atoms with Gasteiger partial charge in [0.05, 0.1) is 13.2 Å². The van der Waals surface area contributed by atoms with Crippen molar-refractivity contribution in [3.05, 3.63) is 0 Å². The third kappa shape index (κ3) is 2.42. The van der Waals surface area contributed by atoms with Crippen LogP contribution >= 0.6 is 0 Å². The van der Waals surface area contributed by atoms with Gasteiger partial charge in [-0.3, -0.25) is 4.90 Å². The number of aliphatic hydroxyl groups is 2. The van der Waals surface area contributed by atoms with Gasteiger partial charge in [0.25, 0.3) is 0 Å². The molecule has 1 rings (SSSR count). The van der Waals surface area contributed by atoms with Crippen molar-refractivity contribution in [2.75, 3.05) is 46.4 Å². The van der Waals surface area contributed by atoms with Crippen LogP contribution in [0, 0.1) is 0 Å². The number of aliphatic hydroxyl groups excluding tert-OH is 2. The van der Waals surface area contributed by atoms with Crippen molar-refractivity contribution >= 4 is 0 Å².